The van der Waals surface area contributed by atoms with Crippen molar-refractivity contribution in [1.29, 1.82) is 0 Å². The highest BCUT2D eigenvalue weighted by atomic mass is 16.4. The molecule has 0 atom stereocenters. The van der Waals surface area contributed by atoms with Gasteiger partial charge in [0.25, 0.3) is 0 Å². The van der Waals surface area contributed by atoms with Gasteiger partial charge in [-0.2, -0.15) is 5.10 Å². The van der Waals surface area contributed by atoms with Gasteiger partial charge >= 0.3 is 5.97 Å². The molecular weight excluding hydrogens is 206 g/mol. The fourth-order valence-corrected chi connectivity index (χ4v) is 2.08. The zero-order valence-electron chi connectivity index (χ0n) is 9.68. The van der Waals surface area contributed by atoms with Gasteiger partial charge in [-0.25, -0.2) is 0 Å². The monoisotopic (exact) mass is 223 g/mol. The summed E-state index contributed by atoms with van der Waals surface area (Å²) >= 11 is 0. The smallest absolute Gasteiger partial charge is 0.309 e. The van der Waals surface area contributed by atoms with E-state index >= 15 is 0 Å². The Morgan fingerprint density at radius 1 is 1.62 bits per heavy atom. The molecule has 1 saturated heterocycles. The Morgan fingerprint density at radius 2 is 2.31 bits per heavy atom. The van der Waals surface area contributed by atoms with Crippen molar-refractivity contribution in [2.75, 3.05) is 13.1 Å². The molecule has 1 fully saturated rings. The van der Waals surface area contributed by atoms with Crippen LogP contribution in [0, 0.1) is 12.8 Å². The standard InChI is InChI=1S/C11H17N3O2/c1-3-14-10(4-8(2)12-14)7-13-5-9(6-13)11(15)16/h4,9H,3,5-7H2,1-2H3,(H,15,16). The van der Waals surface area contributed by atoms with Crippen molar-refractivity contribution in [3.63, 3.8) is 0 Å². The molecule has 16 heavy (non-hydrogen) atoms. The van der Waals surface area contributed by atoms with Crippen LogP contribution in [0.1, 0.15) is 18.3 Å². The van der Waals surface area contributed by atoms with Crippen molar-refractivity contribution in [3.05, 3.63) is 17.5 Å². The number of aromatic nitrogens is 2. The van der Waals surface area contributed by atoms with Crippen LogP contribution in [0.15, 0.2) is 6.07 Å². The Labute approximate surface area is 94.7 Å². The van der Waals surface area contributed by atoms with Crippen LogP contribution < -0.4 is 0 Å². The fraction of sp³-hybridized carbons (Fsp3) is 0.636. The third-order valence-electron chi connectivity index (χ3n) is 2.98. The van der Waals surface area contributed by atoms with Gasteiger partial charge in [-0.05, 0) is 19.9 Å². The number of hydrogen-bond donors (Lipinski definition) is 1. The number of aliphatic carboxylic acids is 1. The molecule has 0 amide bonds. The predicted molar refractivity (Wildman–Crippen MR) is 59.0 cm³/mol. The predicted octanol–water partition coefficient (Wildman–Crippen LogP) is 0.728. The summed E-state index contributed by atoms with van der Waals surface area (Å²) in [6.45, 7) is 7.02. The molecule has 0 spiro atoms. The first-order chi connectivity index (χ1) is 7.60. The zero-order valence-corrected chi connectivity index (χ0v) is 9.68. The number of nitrogens with zero attached hydrogens (tertiary/aromatic N) is 3. The van der Waals surface area contributed by atoms with Gasteiger partial charge in [-0.1, -0.05) is 0 Å². The molecule has 2 heterocycles. The summed E-state index contributed by atoms with van der Waals surface area (Å²) in [4.78, 5) is 12.8. The second-order valence-corrected chi connectivity index (χ2v) is 4.32. The van der Waals surface area contributed by atoms with Crippen molar-refractivity contribution < 1.29 is 9.90 Å². The van der Waals surface area contributed by atoms with Crippen LogP contribution in [0.4, 0.5) is 0 Å². The SMILES string of the molecule is CCn1nc(C)cc1CN1CC(C(=O)O)C1. The maximum atomic E-state index is 10.7. The number of carboxylic acid groups (broad SMARTS) is 1. The van der Waals surface area contributed by atoms with Gasteiger partial charge in [0.1, 0.15) is 0 Å². The lowest BCUT2D eigenvalue weighted by Gasteiger charge is -2.36. The average Bonchev–Trinajstić information content (AvgIpc) is 2.51. The molecule has 1 N–H and O–H groups in total. The lowest BCUT2D eigenvalue weighted by atomic mass is 10.0. The third kappa shape index (κ3) is 2.09. The van der Waals surface area contributed by atoms with E-state index in [4.69, 9.17) is 5.11 Å². The van der Waals surface area contributed by atoms with Crippen molar-refractivity contribution in [2.45, 2.75) is 26.9 Å². The lowest BCUT2D eigenvalue weighted by Crippen LogP contribution is -2.49. The van der Waals surface area contributed by atoms with Crippen LogP contribution in [-0.4, -0.2) is 38.8 Å². The van der Waals surface area contributed by atoms with E-state index in [1.807, 2.05) is 11.6 Å². The average molecular weight is 223 g/mol. The Morgan fingerprint density at radius 3 is 2.88 bits per heavy atom. The molecule has 0 saturated carbocycles. The Bertz CT molecular complexity index is 394. The summed E-state index contributed by atoms with van der Waals surface area (Å²) in [5, 5.41) is 13.1. The molecule has 1 aliphatic rings. The first-order valence-electron chi connectivity index (χ1n) is 5.58. The van der Waals surface area contributed by atoms with Crippen molar-refractivity contribution in [1.82, 2.24) is 14.7 Å². The first kappa shape index (κ1) is 11.1. The minimum atomic E-state index is -0.684. The molecule has 5 nitrogen and oxygen atoms in total. The van der Waals surface area contributed by atoms with Gasteiger partial charge in [0.05, 0.1) is 17.3 Å². The molecular formula is C11H17N3O2. The Kier molecular flexibility index (Phi) is 2.96. The topological polar surface area (TPSA) is 58.4 Å². The molecule has 1 aliphatic heterocycles. The molecule has 0 unspecified atom stereocenters. The highest BCUT2D eigenvalue weighted by Crippen LogP contribution is 2.19. The highest BCUT2D eigenvalue weighted by Gasteiger charge is 2.32. The lowest BCUT2D eigenvalue weighted by molar-refractivity contribution is -0.147. The molecule has 0 bridgehead atoms. The number of hydrogen-bond acceptors (Lipinski definition) is 3. The number of rotatable bonds is 4. The zero-order chi connectivity index (χ0) is 11.7. The number of carbonyl (C=O) groups is 1. The van der Waals surface area contributed by atoms with E-state index < -0.39 is 5.97 Å². The van der Waals surface area contributed by atoms with Crippen LogP contribution in [0.5, 0.6) is 0 Å². The highest BCUT2D eigenvalue weighted by molar-refractivity contribution is 5.71. The minimum Gasteiger partial charge on any atom is -0.481 e. The van der Waals surface area contributed by atoms with E-state index in [-0.39, 0.29) is 5.92 Å². The van der Waals surface area contributed by atoms with E-state index in [9.17, 15) is 4.79 Å². The van der Waals surface area contributed by atoms with E-state index in [1.165, 1.54) is 5.69 Å². The molecule has 1 aromatic rings. The molecule has 0 radical (unpaired) electrons. The van der Waals surface area contributed by atoms with Gasteiger partial charge in [-0.15, -0.1) is 0 Å². The summed E-state index contributed by atoms with van der Waals surface area (Å²) in [6, 6.07) is 2.07. The minimum absolute atomic E-state index is 0.181. The maximum absolute atomic E-state index is 10.7. The Balaban J connectivity index is 1.93. The summed E-state index contributed by atoms with van der Waals surface area (Å²) < 4.78 is 1.98. The van der Waals surface area contributed by atoms with Gasteiger partial charge in [0.2, 0.25) is 0 Å². The molecule has 0 aliphatic carbocycles. The summed E-state index contributed by atoms with van der Waals surface area (Å²) in [6.07, 6.45) is 0. The number of aryl methyl sites for hydroxylation is 2. The van der Waals surface area contributed by atoms with Crippen molar-refractivity contribution >= 4 is 5.97 Å². The summed E-state index contributed by atoms with van der Waals surface area (Å²) in [7, 11) is 0. The fourth-order valence-electron chi connectivity index (χ4n) is 2.08. The van der Waals surface area contributed by atoms with E-state index in [0.29, 0.717) is 13.1 Å². The second-order valence-electron chi connectivity index (χ2n) is 4.32. The maximum Gasteiger partial charge on any atom is 0.309 e. The molecule has 5 heteroatoms. The van der Waals surface area contributed by atoms with E-state index in [1.54, 1.807) is 0 Å². The van der Waals surface area contributed by atoms with Crippen LogP contribution in [0.2, 0.25) is 0 Å². The molecule has 88 valence electrons. The van der Waals surface area contributed by atoms with Crippen molar-refractivity contribution in [3.8, 4) is 0 Å². The Hall–Kier alpha value is -1.36. The summed E-state index contributed by atoms with van der Waals surface area (Å²) in [5.41, 5.74) is 2.19. The van der Waals surface area contributed by atoms with Crippen LogP contribution in [-0.2, 0) is 17.9 Å². The van der Waals surface area contributed by atoms with E-state index in [0.717, 1.165) is 18.8 Å². The molecule has 1 aromatic heterocycles. The molecule has 2 rings (SSSR count). The van der Waals surface area contributed by atoms with E-state index in [2.05, 4.69) is 23.0 Å². The van der Waals surface area contributed by atoms with Crippen LogP contribution >= 0.6 is 0 Å². The number of carboxylic acids is 1. The van der Waals surface area contributed by atoms with Crippen LogP contribution in [0.25, 0.3) is 0 Å². The second kappa shape index (κ2) is 4.25. The molecule has 0 aromatic carbocycles. The van der Waals surface area contributed by atoms with Crippen molar-refractivity contribution in [2.24, 2.45) is 5.92 Å². The third-order valence-corrected chi connectivity index (χ3v) is 2.98. The van der Waals surface area contributed by atoms with Gasteiger partial charge in [-0.3, -0.25) is 14.4 Å². The largest absolute Gasteiger partial charge is 0.481 e. The quantitative estimate of drug-likeness (QED) is 0.817. The first-order valence-corrected chi connectivity index (χ1v) is 5.58. The van der Waals surface area contributed by atoms with Gasteiger partial charge < -0.3 is 5.11 Å². The normalized spacial score (nSPS) is 17.4. The van der Waals surface area contributed by atoms with Gasteiger partial charge in [0, 0.05) is 26.2 Å². The van der Waals surface area contributed by atoms with Gasteiger partial charge in [0.15, 0.2) is 0 Å². The van der Waals surface area contributed by atoms with Crippen LogP contribution in [0.3, 0.4) is 0 Å². The number of likely N-dealkylation sites (tertiary alicyclic amines) is 1. The summed E-state index contributed by atoms with van der Waals surface area (Å²) in [5.74, 6) is -0.865.